The summed E-state index contributed by atoms with van der Waals surface area (Å²) >= 11 is 0. The summed E-state index contributed by atoms with van der Waals surface area (Å²) in [6.07, 6.45) is 3.71. The number of likely N-dealkylation sites (tertiary alicyclic amines) is 1. The maximum Gasteiger partial charge on any atom is 0.272 e. The van der Waals surface area contributed by atoms with Gasteiger partial charge < -0.3 is 9.47 Å². The third-order valence-corrected chi connectivity index (χ3v) is 4.64. The van der Waals surface area contributed by atoms with Gasteiger partial charge in [0.1, 0.15) is 17.8 Å². The van der Waals surface area contributed by atoms with Crippen LogP contribution in [0.5, 0.6) is 0 Å². The molecule has 24 heavy (non-hydrogen) atoms. The van der Waals surface area contributed by atoms with E-state index in [0.717, 1.165) is 36.1 Å². The van der Waals surface area contributed by atoms with Crippen LogP contribution in [0.1, 0.15) is 35.1 Å². The van der Waals surface area contributed by atoms with Crippen LogP contribution in [0.15, 0.2) is 42.7 Å². The molecule has 6 heteroatoms. The number of piperidine rings is 1. The molecule has 1 saturated heterocycles. The van der Waals surface area contributed by atoms with E-state index in [2.05, 4.69) is 15.2 Å². The van der Waals surface area contributed by atoms with E-state index >= 15 is 0 Å². The Kier molecular flexibility index (Phi) is 3.72. The molecule has 0 spiro atoms. The minimum absolute atomic E-state index is 0.00683. The van der Waals surface area contributed by atoms with E-state index in [1.165, 1.54) is 0 Å². The Balaban J connectivity index is 1.57. The molecule has 0 saturated carbocycles. The van der Waals surface area contributed by atoms with Crippen LogP contribution in [0.2, 0.25) is 0 Å². The molecule has 0 N–H and O–H groups in total. The number of aromatic nitrogens is 4. The van der Waals surface area contributed by atoms with Crippen molar-refractivity contribution in [3.63, 3.8) is 0 Å². The maximum atomic E-state index is 12.9. The highest BCUT2D eigenvalue weighted by molar-refractivity contribution is 5.95. The van der Waals surface area contributed by atoms with Gasteiger partial charge in [0.2, 0.25) is 0 Å². The molecule has 1 aromatic carbocycles. The van der Waals surface area contributed by atoms with Crippen LogP contribution in [-0.4, -0.2) is 43.6 Å². The third-order valence-electron chi connectivity index (χ3n) is 4.64. The van der Waals surface area contributed by atoms with Crippen LogP contribution in [0.4, 0.5) is 0 Å². The number of rotatable bonds is 2. The zero-order valence-corrected chi connectivity index (χ0v) is 13.6. The van der Waals surface area contributed by atoms with Crippen molar-refractivity contribution >= 4 is 16.8 Å². The van der Waals surface area contributed by atoms with E-state index in [4.69, 9.17) is 0 Å². The highest BCUT2D eigenvalue weighted by Crippen LogP contribution is 2.26. The summed E-state index contributed by atoms with van der Waals surface area (Å²) in [6.45, 7) is 1.43. The summed E-state index contributed by atoms with van der Waals surface area (Å²) in [6, 6.07) is 11.6. The molecule has 0 unspecified atom stereocenters. The molecule has 3 heterocycles. The van der Waals surface area contributed by atoms with Gasteiger partial charge in [0.15, 0.2) is 0 Å². The molecule has 1 aliphatic rings. The number of amides is 1. The Morgan fingerprint density at radius 2 is 2.08 bits per heavy atom. The van der Waals surface area contributed by atoms with Crippen molar-refractivity contribution in [3.8, 4) is 0 Å². The average molecular weight is 321 g/mol. The fraction of sp³-hybridized carbons (Fsp3) is 0.333. The van der Waals surface area contributed by atoms with Crippen molar-refractivity contribution in [1.82, 2.24) is 24.6 Å². The van der Waals surface area contributed by atoms with E-state index in [9.17, 15) is 4.79 Å². The lowest BCUT2D eigenvalue weighted by Crippen LogP contribution is -2.40. The Bertz CT molecular complexity index is 888. The van der Waals surface area contributed by atoms with Gasteiger partial charge in [0.05, 0.1) is 5.52 Å². The normalized spacial score (nSPS) is 18.0. The first-order valence-corrected chi connectivity index (χ1v) is 8.21. The van der Waals surface area contributed by atoms with Crippen LogP contribution in [0.3, 0.4) is 0 Å². The summed E-state index contributed by atoms with van der Waals surface area (Å²) in [5.41, 5.74) is 1.36. The monoisotopic (exact) mass is 321 g/mol. The molecule has 1 fully saturated rings. The van der Waals surface area contributed by atoms with Crippen molar-refractivity contribution in [2.75, 3.05) is 13.1 Å². The molecule has 1 aliphatic heterocycles. The van der Waals surface area contributed by atoms with Crippen molar-refractivity contribution in [2.45, 2.75) is 18.8 Å². The third kappa shape index (κ3) is 2.64. The van der Waals surface area contributed by atoms with Gasteiger partial charge in [-0.15, -0.1) is 10.2 Å². The number of para-hydroxylation sites is 1. The van der Waals surface area contributed by atoms with Gasteiger partial charge in [-0.25, -0.2) is 4.98 Å². The Labute approximate surface area is 140 Å². The lowest BCUT2D eigenvalue weighted by Gasteiger charge is -2.32. The van der Waals surface area contributed by atoms with Crippen LogP contribution < -0.4 is 0 Å². The van der Waals surface area contributed by atoms with Crippen LogP contribution in [0.25, 0.3) is 10.9 Å². The van der Waals surface area contributed by atoms with Crippen LogP contribution in [-0.2, 0) is 7.05 Å². The molecule has 122 valence electrons. The standard InChI is InChI=1S/C18H19N5O/c1-22-12-19-21-17(22)14-6-4-10-23(11-14)18(24)16-9-8-13-5-2-3-7-15(13)20-16/h2-3,5,7-9,12,14H,4,6,10-11H2,1H3/t14-/m1/s1. The summed E-state index contributed by atoms with van der Waals surface area (Å²) in [5.74, 6) is 1.17. The fourth-order valence-corrected chi connectivity index (χ4v) is 3.38. The first-order valence-electron chi connectivity index (χ1n) is 8.21. The second kappa shape index (κ2) is 6.03. The number of fused-ring (bicyclic) bond motifs is 1. The quantitative estimate of drug-likeness (QED) is 0.727. The smallest absolute Gasteiger partial charge is 0.272 e. The van der Waals surface area contributed by atoms with Gasteiger partial charge in [0, 0.05) is 31.4 Å². The zero-order valence-electron chi connectivity index (χ0n) is 13.6. The lowest BCUT2D eigenvalue weighted by molar-refractivity contribution is 0.0698. The van der Waals surface area contributed by atoms with Crippen molar-refractivity contribution in [1.29, 1.82) is 0 Å². The largest absolute Gasteiger partial charge is 0.337 e. The molecule has 0 radical (unpaired) electrons. The molecule has 4 rings (SSSR count). The second-order valence-corrected chi connectivity index (χ2v) is 6.28. The summed E-state index contributed by atoms with van der Waals surface area (Å²) in [5, 5.41) is 9.21. The van der Waals surface area contributed by atoms with E-state index in [1.807, 2.05) is 52.9 Å². The molecule has 0 bridgehead atoms. The number of nitrogens with zero attached hydrogens (tertiary/aromatic N) is 5. The predicted molar refractivity (Wildman–Crippen MR) is 90.6 cm³/mol. The molecule has 3 aromatic rings. The van der Waals surface area contributed by atoms with Crippen molar-refractivity contribution < 1.29 is 4.79 Å². The Hall–Kier alpha value is -2.76. The lowest BCUT2D eigenvalue weighted by atomic mass is 9.97. The number of benzene rings is 1. The van der Waals surface area contributed by atoms with Crippen LogP contribution >= 0.6 is 0 Å². The topological polar surface area (TPSA) is 63.9 Å². The van der Waals surface area contributed by atoms with Gasteiger partial charge in [-0.1, -0.05) is 24.3 Å². The summed E-state index contributed by atoms with van der Waals surface area (Å²) in [4.78, 5) is 19.3. The zero-order chi connectivity index (χ0) is 16.5. The highest BCUT2D eigenvalue weighted by atomic mass is 16.2. The predicted octanol–water partition coefficient (Wildman–Crippen LogP) is 2.38. The van der Waals surface area contributed by atoms with Crippen molar-refractivity contribution in [2.24, 2.45) is 7.05 Å². The van der Waals surface area contributed by atoms with Gasteiger partial charge in [-0.3, -0.25) is 4.79 Å². The number of aryl methyl sites for hydroxylation is 1. The number of hydrogen-bond donors (Lipinski definition) is 0. The molecular weight excluding hydrogens is 302 g/mol. The molecule has 6 nitrogen and oxygen atoms in total. The molecule has 1 atom stereocenters. The van der Waals surface area contributed by atoms with Gasteiger partial charge in [0.25, 0.3) is 5.91 Å². The van der Waals surface area contributed by atoms with Gasteiger partial charge in [-0.2, -0.15) is 0 Å². The van der Waals surface area contributed by atoms with Crippen molar-refractivity contribution in [3.05, 3.63) is 54.2 Å². The van der Waals surface area contributed by atoms with Crippen LogP contribution in [0, 0.1) is 0 Å². The number of hydrogen-bond acceptors (Lipinski definition) is 4. The molecular formula is C18H19N5O. The Morgan fingerprint density at radius 3 is 2.92 bits per heavy atom. The highest BCUT2D eigenvalue weighted by Gasteiger charge is 2.28. The molecule has 2 aromatic heterocycles. The first-order chi connectivity index (χ1) is 11.7. The minimum atomic E-state index is -0.00683. The first kappa shape index (κ1) is 14.8. The summed E-state index contributed by atoms with van der Waals surface area (Å²) < 4.78 is 1.94. The van der Waals surface area contributed by atoms with E-state index in [1.54, 1.807) is 6.33 Å². The van der Waals surface area contributed by atoms with E-state index in [0.29, 0.717) is 12.2 Å². The number of carbonyl (C=O) groups is 1. The molecule has 0 aliphatic carbocycles. The summed E-state index contributed by atoms with van der Waals surface area (Å²) in [7, 11) is 1.95. The number of carbonyl (C=O) groups excluding carboxylic acids is 1. The maximum absolute atomic E-state index is 12.9. The SMILES string of the molecule is Cn1cnnc1[C@@H]1CCCN(C(=O)c2ccc3ccccc3n2)C1. The van der Waals surface area contributed by atoms with E-state index < -0.39 is 0 Å². The fourth-order valence-electron chi connectivity index (χ4n) is 3.38. The Morgan fingerprint density at radius 1 is 1.21 bits per heavy atom. The minimum Gasteiger partial charge on any atom is -0.337 e. The average Bonchev–Trinajstić information content (AvgIpc) is 3.07. The second-order valence-electron chi connectivity index (χ2n) is 6.28. The van der Waals surface area contributed by atoms with Gasteiger partial charge in [-0.05, 0) is 25.0 Å². The number of pyridine rings is 1. The molecule has 1 amide bonds. The van der Waals surface area contributed by atoms with E-state index in [-0.39, 0.29) is 11.8 Å². The van der Waals surface area contributed by atoms with Gasteiger partial charge >= 0.3 is 0 Å².